The highest BCUT2D eigenvalue weighted by molar-refractivity contribution is 6.01. The Labute approximate surface area is 107 Å². The number of amidine groups is 1. The lowest BCUT2D eigenvalue weighted by atomic mass is 9.94. The lowest BCUT2D eigenvalue weighted by Gasteiger charge is -2.23. The molecule has 0 spiro atoms. The predicted octanol–water partition coefficient (Wildman–Crippen LogP) is 1.51. The highest BCUT2D eigenvalue weighted by Crippen LogP contribution is 2.26. The van der Waals surface area contributed by atoms with Gasteiger partial charge in [0.05, 0.1) is 5.56 Å². The average Bonchev–Trinajstić information content (AvgIpc) is 2.44. The van der Waals surface area contributed by atoms with Crippen molar-refractivity contribution in [2.75, 3.05) is 18.5 Å². The van der Waals surface area contributed by atoms with E-state index in [0.717, 1.165) is 36.5 Å². The van der Waals surface area contributed by atoms with Crippen LogP contribution in [0.15, 0.2) is 11.2 Å². The third-order valence-electron chi connectivity index (χ3n) is 3.50. The van der Waals surface area contributed by atoms with Crippen LogP contribution in [-0.4, -0.2) is 29.6 Å². The van der Waals surface area contributed by atoms with E-state index < -0.39 is 0 Å². The van der Waals surface area contributed by atoms with Crippen molar-refractivity contribution in [3.05, 3.63) is 22.9 Å². The highest BCUT2D eigenvalue weighted by atomic mass is 16.4. The molecule has 5 heteroatoms. The van der Waals surface area contributed by atoms with Crippen molar-refractivity contribution < 1.29 is 5.21 Å². The van der Waals surface area contributed by atoms with Crippen LogP contribution in [0, 0.1) is 0 Å². The monoisotopic (exact) mass is 248 g/mol. The second kappa shape index (κ2) is 5.25. The molecule has 0 aromatic carbocycles. The van der Waals surface area contributed by atoms with Gasteiger partial charge in [-0.05, 0) is 44.2 Å². The number of aromatic nitrogens is 1. The maximum absolute atomic E-state index is 8.89. The summed E-state index contributed by atoms with van der Waals surface area (Å²) in [4.78, 5) is 6.72. The van der Waals surface area contributed by atoms with Crippen LogP contribution in [-0.2, 0) is 12.8 Å². The summed E-state index contributed by atoms with van der Waals surface area (Å²) in [6, 6.07) is 2.03. The van der Waals surface area contributed by atoms with Gasteiger partial charge in [-0.1, -0.05) is 5.16 Å². The molecule has 2 rings (SSSR count). The first-order valence-corrected chi connectivity index (χ1v) is 6.39. The molecule has 3 N–H and O–H groups in total. The van der Waals surface area contributed by atoms with Crippen molar-refractivity contribution in [2.24, 2.45) is 10.9 Å². The molecule has 18 heavy (non-hydrogen) atoms. The summed E-state index contributed by atoms with van der Waals surface area (Å²) in [6.07, 6.45) is 4.44. The van der Waals surface area contributed by atoms with E-state index in [2.05, 4.69) is 12.1 Å². The second-order valence-corrected chi connectivity index (χ2v) is 4.67. The van der Waals surface area contributed by atoms with Crippen molar-refractivity contribution in [3.63, 3.8) is 0 Å². The molecule has 0 saturated heterocycles. The fraction of sp³-hybridized carbons (Fsp3) is 0.538. The highest BCUT2D eigenvalue weighted by Gasteiger charge is 2.18. The summed E-state index contributed by atoms with van der Waals surface area (Å²) < 4.78 is 0. The Morgan fingerprint density at radius 3 is 2.89 bits per heavy atom. The number of nitrogens with two attached hydrogens (primary N) is 1. The molecule has 0 atom stereocenters. The number of hydrogen-bond donors (Lipinski definition) is 2. The Morgan fingerprint density at radius 2 is 2.22 bits per heavy atom. The summed E-state index contributed by atoms with van der Waals surface area (Å²) in [5, 5.41) is 12.0. The molecular weight excluding hydrogens is 228 g/mol. The zero-order valence-electron chi connectivity index (χ0n) is 11.0. The van der Waals surface area contributed by atoms with Crippen LogP contribution in [0.4, 0.5) is 5.82 Å². The molecule has 0 saturated carbocycles. The van der Waals surface area contributed by atoms with Gasteiger partial charge in [-0.15, -0.1) is 0 Å². The molecule has 1 aliphatic carbocycles. The Bertz CT molecular complexity index is 470. The lowest BCUT2D eigenvalue weighted by Crippen LogP contribution is -2.25. The zero-order valence-corrected chi connectivity index (χ0v) is 11.0. The number of fused-ring (bicyclic) bond motifs is 1. The minimum atomic E-state index is 0.131. The molecule has 1 heterocycles. The third kappa shape index (κ3) is 2.25. The lowest BCUT2D eigenvalue weighted by molar-refractivity contribution is 0.318. The quantitative estimate of drug-likeness (QED) is 0.368. The largest absolute Gasteiger partial charge is 0.409 e. The van der Waals surface area contributed by atoms with E-state index in [1.165, 1.54) is 18.4 Å². The summed E-state index contributed by atoms with van der Waals surface area (Å²) in [7, 11) is 1.96. The SMILES string of the molecule is CCN(C)c1nc2c(cc1C(N)=NO)CCCC2. The molecule has 5 nitrogen and oxygen atoms in total. The summed E-state index contributed by atoms with van der Waals surface area (Å²) in [5.74, 6) is 0.930. The van der Waals surface area contributed by atoms with Crippen LogP contribution in [0.3, 0.4) is 0 Å². The van der Waals surface area contributed by atoms with Gasteiger partial charge in [-0.2, -0.15) is 0 Å². The first-order valence-electron chi connectivity index (χ1n) is 6.39. The molecule has 98 valence electrons. The van der Waals surface area contributed by atoms with Crippen molar-refractivity contribution in [1.29, 1.82) is 0 Å². The van der Waals surface area contributed by atoms with Gasteiger partial charge in [0, 0.05) is 19.3 Å². The summed E-state index contributed by atoms with van der Waals surface area (Å²) in [5.41, 5.74) is 8.87. The Morgan fingerprint density at radius 1 is 1.50 bits per heavy atom. The van der Waals surface area contributed by atoms with Gasteiger partial charge in [-0.3, -0.25) is 0 Å². The molecule has 0 amide bonds. The van der Waals surface area contributed by atoms with Crippen molar-refractivity contribution in [2.45, 2.75) is 32.6 Å². The van der Waals surface area contributed by atoms with Gasteiger partial charge < -0.3 is 15.8 Å². The first-order chi connectivity index (χ1) is 8.67. The maximum atomic E-state index is 8.89. The molecule has 0 aliphatic heterocycles. The van der Waals surface area contributed by atoms with Crippen molar-refractivity contribution in [1.82, 2.24) is 4.98 Å². The summed E-state index contributed by atoms with van der Waals surface area (Å²) in [6.45, 7) is 2.88. The standard InChI is InChI=1S/C13H20N4O/c1-3-17(2)13-10(12(14)16-18)8-9-6-4-5-7-11(9)15-13/h8,18H,3-7H2,1-2H3,(H2,14,16). The zero-order chi connectivity index (χ0) is 13.1. The second-order valence-electron chi connectivity index (χ2n) is 4.67. The van der Waals surface area contributed by atoms with Crippen LogP contribution in [0.1, 0.15) is 36.6 Å². The van der Waals surface area contributed by atoms with Gasteiger partial charge in [0.15, 0.2) is 5.84 Å². The van der Waals surface area contributed by atoms with Gasteiger partial charge in [0.25, 0.3) is 0 Å². The van der Waals surface area contributed by atoms with E-state index in [0.29, 0.717) is 0 Å². The number of pyridine rings is 1. The van der Waals surface area contributed by atoms with Crippen LogP contribution >= 0.6 is 0 Å². The van der Waals surface area contributed by atoms with Crippen LogP contribution in [0.2, 0.25) is 0 Å². The number of hydrogen-bond acceptors (Lipinski definition) is 4. The van der Waals surface area contributed by atoms with E-state index in [1.807, 2.05) is 18.0 Å². The number of anilines is 1. The van der Waals surface area contributed by atoms with Crippen LogP contribution in [0.5, 0.6) is 0 Å². The Kier molecular flexibility index (Phi) is 3.69. The van der Waals surface area contributed by atoms with E-state index in [1.54, 1.807) is 0 Å². The van der Waals surface area contributed by atoms with E-state index >= 15 is 0 Å². The van der Waals surface area contributed by atoms with E-state index in [9.17, 15) is 0 Å². The van der Waals surface area contributed by atoms with Crippen molar-refractivity contribution in [3.8, 4) is 0 Å². The molecule has 1 aliphatic rings. The third-order valence-corrected chi connectivity index (χ3v) is 3.50. The van der Waals surface area contributed by atoms with Gasteiger partial charge in [-0.25, -0.2) is 4.98 Å². The van der Waals surface area contributed by atoms with E-state index in [-0.39, 0.29) is 5.84 Å². The van der Waals surface area contributed by atoms with Crippen molar-refractivity contribution >= 4 is 11.7 Å². The number of oxime groups is 1. The molecule has 1 aromatic heterocycles. The van der Waals surface area contributed by atoms with Gasteiger partial charge >= 0.3 is 0 Å². The molecule has 0 bridgehead atoms. The molecule has 0 unspecified atom stereocenters. The fourth-order valence-corrected chi connectivity index (χ4v) is 2.31. The molecule has 1 aromatic rings. The maximum Gasteiger partial charge on any atom is 0.173 e. The van der Waals surface area contributed by atoms with Crippen LogP contribution < -0.4 is 10.6 Å². The van der Waals surface area contributed by atoms with E-state index in [4.69, 9.17) is 15.9 Å². The number of aryl methyl sites for hydroxylation is 2. The van der Waals surface area contributed by atoms with Crippen LogP contribution in [0.25, 0.3) is 0 Å². The smallest absolute Gasteiger partial charge is 0.173 e. The topological polar surface area (TPSA) is 74.7 Å². The summed E-state index contributed by atoms with van der Waals surface area (Å²) >= 11 is 0. The Balaban J connectivity index is 2.54. The fourth-order valence-electron chi connectivity index (χ4n) is 2.31. The molecular formula is C13H20N4O. The first kappa shape index (κ1) is 12.7. The minimum absolute atomic E-state index is 0.131. The predicted molar refractivity (Wildman–Crippen MR) is 72.3 cm³/mol. The van der Waals surface area contributed by atoms with Gasteiger partial charge in [0.1, 0.15) is 5.82 Å². The number of rotatable bonds is 3. The normalized spacial score (nSPS) is 15.3. The molecule has 0 fully saturated rings. The molecule has 0 radical (unpaired) electrons. The Hall–Kier alpha value is -1.78. The minimum Gasteiger partial charge on any atom is -0.409 e. The number of nitrogens with zero attached hydrogens (tertiary/aromatic N) is 3. The van der Waals surface area contributed by atoms with Gasteiger partial charge in [0.2, 0.25) is 0 Å². The average molecular weight is 248 g/mol.